The van der Waals surface area contributed by atoms with Crippen molar-refractivity contribution in [1.29, 1.82) is 5.26 Å². The molecule has 0 spiro atoms. The number of nitriles is 1. The second-order valence-corrected chi connectivity index (χ2v) is 8.77. The van der Waals surface area contributed by atoms with Gasteiger partial charge in [0.05, 0.1) is 55.1 Å². The van der Waals surface area contributed by atoms with Crippen LogP contribution in [-0.4, -0.2) is 45.2 Å². The number of esters is 2. The summed E-state index contributed by atoms with van der Waals surface area (Å²) in [5, 5.41) is 13.0. The molecule has 3 aromatic rings. The van der Waals surface area contributed by atoms with Crippen molar-refractivity contribution in [3.63, 3.8) is 0 Å². The molecule has 3 aromatic carbocycles. The maximum Gasteiger partial charge on any atom is 0.355 e. The third kappa shape index (κ3) is 5.89. The highest BCUT2D eigenvalue weighted by Crippen LogP contribution is 2.43. The Hall–Kier alpha value is -5.56. The Kier molecular flexibility index (Phi) is 9.02. The van der Waals surface area contributed by atoms with Crippen LogP contribution in [0.3, 0.4) is 0 Å². The quantitative estimate of drug-likeness (QED) is 0.301. The van der Waals surface area contributed by atoms with E-state index >= 15 is 0 Å². The predicted octanol–water partition coefficient (Wildman–Crippen LogP) is 3.39. The van der Waals surface area contributed by atoms with Gasteiger partial charge in [-0.25, -0.2) is 9.59 Å². The van der Waals surface area contributed by atoms with Crippen LogP contribution < -0.4 is 20.7 Å². The molecule has 10 nitrogen and oxygen atoms in total. The number of rotatable bonds is 9. The molecule has 3 N–H and O–H groups in total. The van der Waals surface area contributed by atoms with Crippen LogP contribution in [0.25, 0.3) is 0 Å². The number of anilines is 1. The minimum Gasteiger partial charge on any atom is -0.492 e. The predicted molar refractivity (Wildman–Crippen MR) is 150 cm³/mol. The van der Waals surface area contributed by atoms with Gasteiger partial charge in [0.2, 0.25) is 0 Å². The van der Waals surface area contributed by atoms with Gasteiger partial charge in [0.1, 0.15) is 23.9 Å². The summed E-state index contributed by atoms with van der Waals surface area (Å²) in [4.78, 5) is 41.1. The summed E-state index contributed by atoms with van der Waals surface area (Å²) >= 11 is 0. The highest BCUT2D eigenvalue weighted by atomic mass is 16.5. The van der Waals surface area contributed by atoms with Crippen LogP contribution >= 0.6 is 0 Å². The van der Waals surface area contributed by atoms with Gasteiger partial charge in [-0.3, -0.25) is 9.69 Å². The van der Waals surface area contributed by atoms with Crippen molar-refractivity contribution in [3.05, 3.63) is 119 Å². The van der Waals surface area contributed by atoms with E-state index in [0.717, 1.165) is 7.11 Å². The maximum absolute atomic E-state index is 13.3. The molecule has 10 heteroatoms. The van der Waals surface area contributed by atoms with E-state index in [4.69, 9.17) is 19.9 Å². The number of nitrogens with one attached hydrogen (secondary N) is 1. The van der Waals surface area contributed by atoms with Crippen LogP contribution in [0, 0.1) is 11.3 Å². The molecular formula is C31H28N4O6. The standard InChI is InChI=1S/C31H28N4O6/c1-39-30(37)26-25(20-11-5-3-6-12-20)23(19-32)28(33)35(27(26)31(38)40-2)24-16-10-9-15-22(24)29(36)34-17-18-41-21-13-7-4-8-14-21/h3-16,25H,17-18,33H2,1-2H3,(H,34,36). The van der Waals surface area contributed by atoms with Crippen LogP contribution in [0.2, 0.25) is 0 Å². The molecule has 0 saturated carbocycles. The Balaban J connectivity index is 1.79. The molecule has 208 valence electrons. The molecule has 0 aliphatic carbocycles. The van der Waals surface area contributed by atoms with Crippen molar-refractivity contribution >= 4 is 23.5 Å². The molecule has 1 atom stereocenters. The van der Waals surface area contributed by atoms with Gasteiger partial charge < -0.3 is 25.3 Å². The Labute approximate surface area is 237 Å². The number of nitrogens with zero attached hydrogens (tertiary/aromatic N) is 2. The first kappa shape index (κ1) is 28.4. The number of ether oxygens (including phenoxy) is 3. The number of allylic oxidation sites excluding steroid dienone is 1. The molecule has 4 rings (SSSR count). The van der Waals surface area contributed by atoms with E-state index in [1.807, 2.05) is 18.2 Å². The zero-order valence-electron chi connectivity index (χ0n) is 22.5. The van der Waals surface area contributed by atoms with Crippen LogP contribution in [-0.2, 0) is 19.1 Å². The SMILES string of the molecule is COC(=O)C1=C(C(=O)OC)N(c2ccccc2C(=O)NCCOc2ccccc2)C(N)=C(C#N)C1c1ccccc1. The van der Waals surface area contributed by atoms with Crippen LogP contribution in [0.5, 0.6) is 5.75 Å². The van der Waals surface area contributed by atoms with Crippen molar-refractivity contribution in [2.24, 2.45) is 5.73 Å². The number of nitrogens with two attached hydrogens (primary N) is 1. The number of carbonyl (C=O) groups excluding carboxylic acids is 3. The van der Waals surface area contributed by atoms with E-state index < -0.39 is 23.8 Å². The molecule has 0 aromatic heterocycles. The second kappa shape index (κ2) is 13.0. The van der Waals surface area contributed by atoms with Crippen molar-refractivity contribution in [2.45, 2.75) is 5.92 Å². The van der Waals surface area contributed by atoms with E-state index in [0.29, 0.717) is 11.3 Å². The number of benzene rings is 3. The molecule has 1 amide bonds. The first-order valence-corrected chi connectivity index (χ1v) is 12.6. The summed E-state index contributed by atoms with van der Waals surface area (Å²) in [7, 11) is 2.33. The first-order valence-electron chi connectivity index (χ1n) is 12.6. The Morgan fingerprint density at radius 1 is 0.902 bits per heavy atom. The van der Waals surface area contributed by atoms with Gasteiger partial charge >= 0.3 is 11.9 Å². The minimum atomic E-state index is -1.02. The highest BCUT2D eigenvalue weighted by Gasteiger charge is 2.43. The van der Waals surface area contributed by atoms with Gasteiger partial charge in [0.15, 0.2) is 0 Å². The van der Waals surface area contributed by atoms with Crippen LogP contribution in [0.1, 0.15) is 21.8 Å². The van der Waals surface area contributed by atoms with E-state index in [-0.39, 0.29) is 47.1 Å². The summed E-state index contributed by atoms with van der Waals surface area (Å²) in [6, 6.07) is 26.3. The third-order valence-corrected chi connectivity index (χ3v) is 6.40. The Morgan fingerprint density at radius 2 is 1.51 bits per heavy atom. The summed E-state index contributed by atoms with van der Waals surface area (Å²) in [5.41, 5.74) is 6.99. The number of para-hydroxylation sites is 2. The lowest BCUT2D eigenvalue weighted by molar-refractivity contribution is -0.139. The Bertz CT molecular complexity index is 1540. The molecule has 0 radical (unpaired) electrons. The summed E-state index contributed by atoms with van der Waals surface area (Å²) in [6.45, 7) is 0.390. The van der Waals surface area contributed by atoms with E-state index in [2.05, 4.69) is 11.4 Å². The van der Waals surface area contributed by atoms with Crippen molar-refractivity contribution < 1.29 is 28.6 Å². The molecule has 0 saturated heterocycles. The monoisotopic (exact) mass is 552 g/mol. The van der Waals surface area contributed by atoms with Gasteiger partial charge in [-0.05, 0) is 29.8 Å². The van der Waals surface area contributed by atoms with Gasteiger partial charge in [-0.15, -0.1) is 0 Å². The second-order valence-electron chi connectivity index (χ2n) is 8.77. The lowest BCUT2D eigenvalue weighted by Crippen LogP contribution is -2.41. The molecule has 1 heterocycles. The summed E-state index contributed by atoms with van der Waals surface area (Å²) in [6.07, 6.45) is 0. The lowest BCUT2D eigenvalue weighted by atomic mass is 9.80. The van der Waals surface area contributed by atoms with Crippen molar-refractivity contribution in [1.82, 2.24) is 5.32 Å². The fraction of sp³-hybridized carbons (Fsp3) is 0.161. The van der Waals surface area contributed by atoms with Gasteiger partial charge in [0, 0.05) is 0 Å². The zero-order chi connectivity index (χ0) is 29.4. The molecule has 1 aliphatic heterocycles. The third-order valence-electron chi connectivity index (χ3n) is 6.40. The average molecular weight is 553 g/mol. The molecule has 1 aliphatic rings. The topological polar surface area (TPSA) is 144 Å². The number of hydrogen-bond acceptors (Lipinski definition) is 9. The average Bonchev–Trinajstić information content (AvgIpc) is 3.02. The van der Waals surface area contributed by atoms with Gasteiger partial charge in [0.25, 0.3) is 5.91 Å². The molecule has 0 bridgehead atoms. The number of carbonyl (C=O) groups is 3. The summed E-state index contributed by atoms with van der Waals surface area (Å²) in [5.74, 6) is -2.74. The van der Waals surface area contributed by atoms with Gasteiger partial charge in [-0.1, -0.05) is 60.7 Å². The minimum absolute atomic E-state index is 0.00396. The Morgan fingerprint density at radius 3 is 2.15 bits per heavy atom. The first-order chi connectivity index (χ1) is 19.9. The summed E-state index contributed by atoms with van der Waals surface area (Å²) < 4.78 is 15.8. The van der Waals surface area contributed by atoms with Gasteiger partial charge in [-0.2, -0.15) is 5.26 Å². The van der Waals surface area contributed by atoms with Crippen LogP contribution in [0.4, 0.5) is 5.69 Å². The fourth-order valence-corrected chi connectivity index (χ4v) is 4.57. The largest absolute Gasteiger partial charge is 0.492 e. The zero-order valence-corrected chi connectivity index (χ0v) is 22.5. The van der Waals surface area contributed by atoms with E-state index in [9.17, 15) is 19.6 Å². The molecule has 1 unspecified atom stereocenters. The van der Waals surface area contributed by atoms with Crippen molar-refractivity contribution in [2.75, 3.05) is 32.3 Å². The smallest absolute Gasteiger partial charge is 0.355 e. The fourth-order valence-electron chi connectivity index (χ4n) is 4.57. The number of methoxy groups -OCH3 is 2. The van der Waals surface area contributed by atoms with E-state index in [1.54, 1.807) is 60.7 Å². The number of hydrogen-bond donors (Lipinski definition) is 2. The molecular weight excluding hydrogens is 524 g/mol. The van der Waals surface area contributed by atoms with E-state index in [1.165, 1.54) is 18.1 Å². The highest BCUT2D eigenvalue weighted by molar-refractivity contribution is 6.08. The normalized spacial score (nSPS) is 14.7. The maximum atomic E-state index is 13.3. The molecule has 0 fully saturated rings. The molecule has 41 heavy (non-hydrogen) atoms. The van der Waals surface area contributed by atoms with Crippen LogP contribution in [0.15, 0.2) is 108 Å². The van der Waals surface area contributed by atoms with Crippen molar-refractivity contribution in [3.8, 4) is 11.8 Å². The number of amides is 1. The lowest BCUT2D eigenvalue weighted by Gasteiger charge is -2.36.